The normalized spacial score (nSPS) is 20.8. The Balaban J connectivity index is 1.77. The Hall–Kier alpha value is -2.88. The second-order valence-electron chi connectivity index (χ2n) is 5.94. The van der Waals surface area contributed by atoms with Crippen LogP contribution in [-0.4, -0.2) is 37.7 Å². The van der Waals surface area contributed by atoms with Crippen LogP contribution in [0.2, 0.25) is 5.02 Å². The van der Waals surface area contributed by atoms with E-state index in [4.69, 9.17) is 11.6 Å². The second-order valence-corrected chi connectivity index (χ2v) is 8.39. The van der Waals surface area contributed by atoms with Crippen LogP contribution in [0, 0.1) is 0 Å². The van der Waals surface area contributed by atoms with E-state index in [1.807, 2.05) is 12.1 Å². The Morgan fingerprint density at radius 2 is 1.93 bits per heavy atom. The van der Waals surface area contributed by atoms with Crippen LogP contribution in [-0.2, 0) is 9.84 Å². The number of rotatable bonds is 3. The molecule has 0 saturated carbocycles. The highest BCUT2D eigenvalue weighted by Gasteiger charge is 2.43. The number of aromatic nitrogens is 1. The number of halogens is 1. The Labute approximate surface area is 160 Å². The number of amidine groups is 1. The maximum absolute atomic E-state index is 11.9. The van der Waals surface area contributed by atoms with Crippen LogP contribution in [0.4, 0.5) is 11.4 Å². The van der Waals surface area contributed by atoms with E-state index >= 15 is 0 Å². The maximum Gasteiger partial charge on any atom is 0.287 e. The number of hydrogen-bond donors (Lipinski definition) is 1. The van der Waals surface area contributed by atoms with Gasteiger partial charge >= 0.3 is 0 Å². The summed E-state index contributed by atoms with van der Waals surface area (Å²) in [7, 11) is -3.41. The first-order valence-electron chi connectivity index (χ1n) is 7.84. The van der Waals surface area contributed by atoms with E-state index in [9.17, 15) is 8.42 Å². The number of anilines is 1. The van der Waals surface area contributed by atoms with Crippen LogP contribution in [0.5, 0.6) is 0 Å². The van der Waals surface area contributed by atoms with Gasteiger partial charge in [-0.3, -0.25) is 9.98 Å². The lowest BCUT2D eigenvalue weighted by Crippen LogP contribution is -2.44. The minimum absolute atomic E-state index is 0.108. The van der Waals surface area contributed by atoms with E-state index in [0.717, 1.165) is 11.9 Å². The second kappa shape index (κ2) is 6.38. The van der Waals surface area contributed by atoms with Crippen LogP contribution in [0.15, 0.2) is 75.1 Å². The Kier molecular flexibility index (Phi) is 4.14. The molecule has 10 heteroatoms. The molecule has 0 radical (unpaired) electrons. The number of nitrogens with zero attached hydrogens (tertiary/aromatic N) is 5. The number of quaternary nitrogens is 1. The van der Waals surface area contributed by atoms with Crippen LogP contribution in [0.3, 0.4) is 0 Å². The summed E-state index contributed by atoms with van der Waals surface area (Å²) in [5, 5.41) is 8.39. The SMILES string of the molecule is CS(=O)(=O)c1cncc([N+]23C=CN=CC2=NC(Nc2ccc(Cl)cc2)=N3)c1. The first-order valence-corrected chi connectivity index (χ1v) is 10.1. The number of sulfone groups is 1. The zero-order valence-electron chi connectivity index (χ0n) is 14.1. The van der Waals surface area contributed by atoms with Crippen LogP contribution < -0.4 is 9.91 Å². The van der Waals surface area contributed by atoms with Crippen molar-refractivity contribution in [3.63, 3.8) is 0 Å². The third kappa shape index (κ3) is 3.27. The maximum atomic E-state index is 11.9. The number of fused-ring (bicyclic) bond motifs is 1. The summed E-state index contributed by atoms with van der Waals surface area (Å²) < 4.78 is 23.7. The first kappa shape index (κ1) is 17.5. The summed E-state index contributed by atoms with van der Waals surface area (Å²) >= 11 is 5.91. The summed E-state index contributed by atoms with van der Waals surface area (Å²) in [5.74, 6) is 0.872. The van der Waals surface area contributed by atoms with Gasteiger partial charge < -0.3 is 5.32 Å². The van der Waals surface area contributed by atoms with Gasteiger partial charge in [-0.15, -0.1) is 0 Å². The fourth-order valence-corrected chi connectivity index (χ4v) is 3.38. The highest BCUT2D eigenvalue weighted by atomic mass is 35.5. The lowest BCUT2D eigenvalue weighted by atomic mass is 10.3. The lowest BCUT2D eigenvalue weighted by Gasteiger charge is -2.23. The molecule has 2 aromatic rings. The third-order valence-electron chi connectivity index (χ3n) is 4.00. The van der Waals surface area contributed by atoms with Crippen molar-refractivity contribution in [1.82, 2.24) is 9.58 Å². The molecule has 0 spiro atoms. The molecular formula is C17H14ClN6O2S+. The third-order valence-corrected chi connectivity index (χ3v) is 5.33. The Morgan fingerprint density at radius 1 is 1.15 bits per heavy atom. The highest BCUT2D eigenvalue weighted by Crippen LogP contribution is 2.32. The number of pyridine rings is 1. The van der Waals surface area contributed by atoms with Crippen molar-refractivity contribution in [1.29, 1.82) is 0 Å². The molecule has 2 aliphatic rings. The first-order chi connectivity index (χ1) is 12.9. The van der Waals surface area contributed by atoms with Crippen molar-refractivity contribution < 1.29 is 8.42 Å². The van der Waals surface area contributed by atoms with Gasteiger partial charge in [-0.05, 0) is 29.4 Å². The van der Waals surface area contributed by atoms with E-state index in [1.165, 1.54) is 12.3 Å². The summed E-state index contributed by atoms with van der Waals surface area (Å²) in [5.41, 5.74) is 1.30. The molecule has 136 valence electrons. The van der Waals surface area contributed by atoms with Crippen molar-refractivity contribution in [2.75, 3.05) is 11.6 Å². The van der Waals surface area contributed by atoms with Gasteiger partial charge in [-0.2, -0.15) is 4.99 Å². The van der Waals surface area contributed by atoms with Crippen LogP contribution >= 0.6 is 11.6 Å². The fourth-order valence-electron chi connectivity index (χ4n) is 2.67. The Bertz CT molecular complexity index is 1140. The molecule has 0 aliphatic carbocycles. The predicted octanol–water partition coefficient (Wildman–Crippen LogP) is 2.80. The van der Waals surface area contributed by atoms with E-state index in [-0.39, 0.29) is 9.49 Å². The quantitative estimate of drug-likeness (QED) is 0.800. The highest BCUT2D eigenvalue weighted by molar-refractivity contribution is 7.90. The van der Waals surface area contributed by atoms with Crippen molar-refractivity contribution in [3.8, 4) is 0 Å². The standard InChI is InChI=1S/C17H14ClN6O2S/c1-27(25,26)15-8-14(9-20-10-15)24-7-6-19-11-16(24)22-17(23-24)21-13-4-2-12(18)3-5-13/h2-11H,1H3,(H,21,23)/q+1. The molecule has 0 bridgehead atoms. The molecule has 1 aromatic heterocycles. The molecule has 2 aliphatic heterocycles. The lowest BCUT2D eigenvalue weighted by molar-refractivity contribution is 0.585. The number of aliphatic imine (C=N–C) groups is 2. The number of benzene rings is 1. The molecule has 1 aromatic carbocycles. The monoisotopic (exact) mass is 401 g/mol. The van der Waals surface area contributed by atoms with Crippen LogP contribution in [0.25, 0.3) is 0 Å². The Morgan fingerprint density at radius 3 is 2.67 bits per heavy atom. The molecule has 0 saturated heterocycles. The van der Waals surface area contributed by atoms with Gasteiger partial charge in [-0.25, -0.2) is 8.42 Å². The topological polar surface area (TPSA) is 96.1 Å². The minimum Gasteiger partial charge on any atom is -0.320 e. The van der Waals surface area contributed by atoms with Gasteiger partial charge in [0.2, 0.25) is 0 Å². The van der Waals surface area contributed by atoms with Crippen LogP contribution in [0.1, 0.15) is 0 Å². The molecule has 3 heterocycles. The smallest absolute Gasteiger partial charge is 0.287 e. The molecule has 27 heavy (non-hydrogen) atoms. The predicted molar refractivity (Wildman–Crippen MR) is 107 cm³/mol. The van der Waals surface area contributed by atoms with Gasteiger partial charge in [0.25, 0.3) is 11.8 Å². The molecule has 0 amide bonds. The van der Waals surface area contributed by atoms with Gasteiger partial charge in [0.05, 0.1) is 17.3 Å². The summed E-state index contributed by atoms with van der Waals surface area (Å²) in [6.45, 7) is 0. The van der Waals surface area contributed by atoms with E-state index in [0.29, 0.717) is 22.5 Å². The van der Waals surface area contributed by atoms with E-state index in [2.05, 4.69) is 25.4 Å². The van der Waals surface area contributed by atoms with E-state index in [1.54, 1.807) is 36.9 Å². The van der Waals surface area contributed by atoms with Crippen molar-refractivity contribution in [2.24, 2.45) is 15.1 Å². The van der Waals surface area contributed by atoms with Gasteiger partial charge in [0.1, 0.15) is 6.21 Å². The molecular weight excluding hydrogens is 388 g/mol. The average Bonchev–Trinajstić information content (AvgIpc) is 3.02. The zero-order chi connectivity index (χ0) is 19.1. The van der Waals surface area contributed by atoms with Gasteiger partial charge in [0, 0.05) is 29.2 Å². The number of nitrogens with one attached hydrogen (secondary N) is 1. The molecule has 1 unspecified atom stereocenters. The van der Waals surface area contributed by atoms with Gasteiger partial charge in [-0.1, -0.05) is 16.2 Å². The molecule has 8 nitrogen and oxygen atoms in total. The summed E-state index contributed by atoms with van der Waals surface area (Å²) in [6, 6.07) is 8.66. The molecule has 1 N–H and O–H groups in total. The van der Waals surface area contributed by atoms with Gasteiger partial charge in [0.15, 0.2) is 21.7 Å². The van der Waals surface area contributed by atoms with Crippen molar-refractivity contribution in [2.45, 2.75) is 4.90 Å². The zero-order valence-corrected chi connectivity index (χ0v) is 15.7. The molecule has 1 atom stereocenters. The largest absolute Gasteiger partial charge is 0.320 e. The minimum atomic E-state index is -3.41. The van der Waals surface area contributed by atoms with Crippen molar-refractivity contribution >= 4 is 50.8 Å². The molecule has 0 fully saturated rings. The van der Waals surface area contributed by atoms with Crippen molar-refractivity contribution in [3.05, 3.63) is 60.1 Å². The number of guanidine groups is 1. The average molecular weight is 402 g/mol. The summed E-state index contributed by atoms with van der Waals surface area (Å²) in [6.07, 6.45) is 8.87. The fraction of sp³-hybridized carbons (Fsp3) is 0.0588. The summed E-state index contributed by atoms with van der Waals surface area (Å²) in [4.78, 5) is 12.8. The van der Waals surface area contributed by atoms with E-state index < -0.39 is 9.84 Å². The molecule has 4 rings (SSSR count). The number of hydrogen-bond acceptors (Lipinski definition) is 7.